The zero-order valence-corrected chi connectivity index (χ0v) is 17.8. The highest BCUT2D eigenvalue weighted by Gasteiger charge is 2.38. The van der Waals surface area contributed by atoms with Gasteiger partial charge in [-0.05, 0) is 62.4 Å². The number of hydrogen-bond donors (Lipinski definition) is 4. The maximum absolute atomic E-state index is 13.2. The third-order valence-electron chi connectivity index (χ3n) is 5.41. The summed E-state index contributed by atoms with van der Waals surface area (Å²) < 4.78 is 0. The number of aromatic hydroxyl groups is 1. The molecule has 2 aromatic carbocycles. The second-order valence-corrected chi connectivity index (χ2v) is 8.24. The Hall–Kier alpha value is -2.90. The Morgan fingerprint density at radius 2 is 1.63 bits per heavy atom. The van der Waals surface area contributed by atoms with Crippen molar-refractivity contribution in [3.63, 3.8) is 0 Å². The second kappa shape index (κ2) is 9.73. The van der Waals surface area contributed by atoms with Crippen molar-refractivity contribution in [2.45, 2.75) is 51.2 Å². The van der Waals surface area contributed by atoms with Crippen LogP contribution in [-0.4, -0.2) is 46.0 Å². The molecule has 0 saturated heterocycles. The van der Waals surface area contributed by atoms with E-state index in [1.807, 2.05) is 31.2 Å². The van der Waals surface area contributed by atoms with E-state index in [0.29, 0.717) is 6.42 Å². The van der Waals surface area contributed by atoms with Gasteiger partial charge in [0.25, 0.3) is 0 Å². The smallest absolute Gasteiger partial charge is 0.242 e. The molecular weight excluding hydrogens is 380 g/mol. The van der Waals surface area contributed by atoms with Crippen molar-refractivity contribution in [2.75, 3.05) is 6.54 Å². The van der Waals surface area contributed by atoms with E-state index in [4.69, 9.17) is 17.2 Å². The van der Waals surface area contributed by atoms with E-state index in [1.165, 1.54) is 17.0 Å². The van der Waals surface area contributed by atoms with Crippen LogP contribution >= 0.6 is 0 Å². The van der Waals surface area contributed by atoms with Crippen LogP contribution in [0.25, 0.3) is 0 Å². The summed E-state index contributed by atoms with van der Waals surface area (Å²) in [6.45, 7) is 5.35. The first-order valence-corrected chi connectivity index (χ1v) is 9.97. The summed E-state index contributed by atoms with van der Waals surface area (Å²) in [5.74, 6) is -0.889. The number of carbonyl (C=O) groups is 2. The Balaban J connectivity index is 2.19. The molecule has 7 heteroatoms. The molecule has 0 heterocycles. The zero-order valence-electron chi connectivity index (χ0n) is 17.8. The molecule has 0 aliphatic carbocycles. The Kier molecular flexibility index (Phi) is 7.59. The predicted octanol–water partition coefficient (Wildman–Crippen LogP) is 1.23. The highest BCUT2D eigenvalue weighted by Crippen LogP contribution is 2.19. The highest BCUT2D eigenvalue weighted by molar-refractivity contribution is 5.91. The van der Waals surface area contributed by atoms with Crippen molar-refractivity contribution in [3.05, 3.63) is 65.2 Å². The molecule has 0 radical (unpaired) electrons. The summed E-state index contributed by atoms with van der Waals surface area (Å²) in [6, 6.07) is 13.1. The van der Waals surface area contributed by atoms with E-state index in [2.05, 4.69) is 0 Å². The minimum atomic E-state index is -1.24. The van der Waals surface area contributed by atoms with Crippen LogP contribution in [0.3, 0.4) is 0 Å². The fraction of sp³-hybridized carbons (Fsp3) is 0.391. The number of nitrogens with zero attached hydrogens (tertiary/aromatic N) is 1. The summed E-state index contributed by atoms with van der Waals surface area (Å²) in [7, 11) is 0. The molecule has 0 fully saturated rings. The van der Waals surface area contributed by atoms with Gasteiger partial charge >= 0.3 is 0 Å². The molecular formula is C23H32N4O3. The number of nitrogens with two attached hydrogens (primary N) is 3. The van der Waals surface area contributed by atoms with Crippen LogP contribution in [0.1, 0.15) is 30.5 Å². The number of benzene rings is 2. The molecule has 0 aromatic heterocycles. The fourth-order valence-corrected chi connectivity index (χ4v) is 3.32. The summed E-state index contributed by atoms with van der Waals surface area (Å²) in [5, 5.41) is 9.42. The van der Waals surface area contributed by atoms with Gasteiger partial charge in [0.05, 0.1) is 6.04 Å². The molecule has 2 atom stereocenters. The number of aryl methyl sites for hydroxylation is 1. The van der Waals surface area contributed by atoms with Gasteiger partial charge in [0, 0.05) is 12.6 Å². The molecule has 7 nitrogen and oxygen atoms in total. The van der Waals surface area contributed by atoms with Crippen LogP contribution in [0, 0.1) is 6.92 Å². The first kappa shape index (κ1) is 23.4. The number of primary amides is 1. The van der Waals surface area contributed by atoms with Gasteiger partial charge in [0.15, 0.2) is 0 Å². The molecule has 0 aliphatic rings. The number of amides is 2. The average molecular weight is 413 g/mol. The lowest BCUT2D eigenvalue weighted by Crippen LogP contribution is -2.62. The molecule has 2 aromatic rings. The van der Waals surface area contributed by atoms with Gasteiger partial charge in [-0.1, -0.05) is 36.4 Å². The molecule has 0 saturated carbocycles. The van der Waals surface area contributed by atoms with E-state index in [-0.39, 0.29) is 18.7 Å². The molecule has 0 aliphatic heterocycles. The molecule has 162 valence electrons. The first-order valence-electron chi connectivity index (χ1n) is 9.97. The number of phenolic OH excluding ortho intramolecular Hbond substituents is 1. The number of rotatable bonds is 9. The van der Waals surface area contributed by atoms with E-state index in [0.717, 1.165) is 16.7 Å². The summed E-state index contributed by atoms with van der Waals surface area (Å²) in [4.78, 5) is 26.7. The predicted molar refractivity (Wildman–Crippen MR) is 118 cm³/mol. The van der Waals surface area contributed by atoms with Crippen LogP contribution < -0.4 is 17.2 Å². The SMILES string of the molecule is Cc1ccccc1C[C@H](N)CN(C(=O)[C@@H](N)Cc1ccc(O)cc1)C(C)(C)C(N)=O. The van der Waals surface area contributed by atoms with Crippen LogP contribution in [0.15, 0.2) is 48.5 Å². The monoisotopic (exact) mass is 412 g/mol. The van der Waals surface area contributed by atoms with Gasteiger partial charge in [0.1, 0.15) is 11.3 Å². The lowest BCUT2D eigenvalue weighted by Gasteiger charge is -2.39. The summed E-state index contributed by atoms with van der Waals surface area (Å²) in [5.41, 5.74) is 19.9. The van der Waals surface area contributed by atoms with Crippen molar-refractivity contribution in [3.8, 4) is 5.75 Å². The van der Waals surface area contributed by atoms with Crippen LogP contribution in [0.2, 0.25) is 0 Å². The number of carbonyl (C=O) groups excluding carboxylic acids is 2. The van der Waals surface area contributed by atoms with Gasteiger partial charge < -0.3 is 27.2 Å². The van der Waals surface area contributed by atoms with Crippen molar-refractivity contribution in [1.82, 2.24) is 4.90 Å². The van der Waals surface area contributed by atoms with Gasteiger partial charge in [-0.3, -0.25) is 9.59 Å². The molecule has 30 heavy (non-hydrogen) atoms. The van der Waals surface area contributed by atoms with Crippen molar-refractivity contribution in [2.24, 2.45) is 17.2 Å². The summed E-state index contributed by atoms with van der Waals surface area (Å²) in [6.07, 6.45) is 0.815. The molecule has 0 bridgehead atoms. The largest absolute Gasteiger partial charge is 0.508 e. The quantitative estimate of drug-likeness (QED) is 0.491. The van der Waals surface area contributed by atoms with Crippen molar-refractivity contribution in [1.29, 1.82) is 0 Å². The van der Waals surface area contributed by atoms with Gasteiger partial charge in [0.2, 0.25) is 11.8 Å². The second-order valence-electron chi connectivity index (χ2n) is 8.24. The van der Waals surface area contributed by atoms with E-state index >= 15 is 0 Å². The van der Waals surface area contributed by atoms with Gasteiger partial charge in [-0.2, -0.15) is 0 Å². The lowest BCUT2D eigenvalue weighted by atomic mass is 9.95. The van der Waals surface area contributed by atoms with E-state index < -0.39 is 29.4 Å². The molecule has 0 spiro atoms. The summed E-state index contributed by atoms with van der Waals surface area (Å²) >= 11 is 0. The topological polar surface area (TPSA) is 136 Å². The average Bonchev–Trinajstić information content (AvgIpc) is 2.69. The van der Waals surface area contributed by atoms with Crippen molar-refractivity contribution >= 4 is 11.8 Å². The maximum atomic E-state index is 13.2. The maximum Gasteiger partial charge on any atom is 0.242 e. The van der Waals surface area contributed by atoms with Crippen LogP contribution in [-0.2, 0) is 22.4 Å². The van der Waals surface area contributed by atoms with Gasteiger partial charge in [-0.25, -0.2) is 0 Å². The molecule has 0 unspecified atom stereocenters. The van der Waals surface area contributed by atoms with Crippen LogP contribution in [0.5, 0.6) is 5.75 Å². The lowest BCUT2D eigenvalue weighted by molar-refractivity contribution is -0.145. The Labute approximate surface area is 177 Å². The number of phenols is 1. The minimum Gasteiger partial charge on any atom is -0.508 e. The molecule has 7 N–H and O–H groups in total. The fourth-order valence-electron chi connectivity index (χ4n) is 3.32. The third kappa shape index (κ3) is 5.81. The first-order chi connectivity index (χ1) is 14.0. The Bertz CT molecular complexity index is 880. The minimum absolute atomic E-state index is 0.136. The number of hydrogen-bond acceptors (Lipinski definition) is 5. The van der Waals surface area contributed by atoms with Crippen LogP contribution in [0.4, 0.5) is 0 Å². The highest BCUT2D eigenvalue weighted by atomic mass is 16.3. The standard InChI is InChI=1S/C23H32N4O3/c1-15-6-4-5-7-17(15)13-18(24)14-27(23(2,3)22(26)30)21(29)20(25)12-16-8-10-19(28)11-9-16/h4-11,18,20,28H,12-14,24-25H2,1-3H3,(H2,26,30)/t18-,20-/m0/s1. The Morgan fingerprint density at radius 3 is 2.20 bits per heavy atom. The zero-order chi connectivity index (χ0) is 22.5. The third-order valence-corrected chi connectivity index (χ3v) is 5.41. The normalized spacial score (nSPS) is 13.5. The van der Waals surface area contributed by atoms with Gasteiger partial charge in [-0.15, -0.1) is 0 Å². The van der Waals surface area contributed by atoms with E-state index in [1.54, 1.807) is 26.0 Å². The molecule has 2 rings (SSSR count). The molecule has 2 amide bonds. The van der Waals surface area contributed by atoms with Crippen molar-refractivity contribution < 1.29 is 14.7 Å². The van der Waals surface area contributed by atoms with E-state index in [9.17, 15) is 14.7 Å². The Morgan fingerprint density at radius 1 is 1.03 bits per heavy atom.